The molecule has 8 heteroatoms. The molecule has 46 heavy (non-hydrogen) atoms. The third kappa shape index (κ3) is 18.0. The fourth-order valence-electron chi connectivity index (χ4n) is 4.43. The summed E-state index contributed by atoms with van der Waals surface area (Å²) >= 11 is 0. The Hall–Kier alpha value is -2.50. The van der Waals surface area contributed by atoms with E-state index in [1.54, 1.807) is 72.8 Å². The number of hydrogen-bond donors (Lipinski definition) is 1. The Balaban J connectivity index is 0. The van der Waals surface area contributed by atoms with Crippen molar-refractivity contribution in [1.29, 1.82) is 0 Å². The predicted octanol–water partition coefficient (Wildman–Crippen LogP) is 10.9. The molecule has 3 rings (SSSR count). The SMILES string of the molecule is C.CCCCCCCCOc1ccc(C(=O)Oc2ccc(OC(=O)c3ccc(OCCCCCCCC)cc3)cc2)cc1.N.[CH3-].[Sm]. The van der Waals surface area contributed by atoms with Crippen LogP contribution in [-0.2, 0) is 0 Å². The van der Waals surface area contributed by atoms with Crippen LogP contribution in [0, 0.1) is 47.8 Å². The maximum atomic E-state index is 12.6. The van der Waals surface area contributed by atoms with Crippen LogP contribution in [-0.4, -0.2) is 25.2 Å². The Morgan fingerprint density at radius 3 is 1.09 bits per heavy atom. The normalized spacial score (nSPS) is 9.78. The van der Waals surface area contributed by atoms with E-state index in [2.05, 4.69) is 13.8 Å². The van der Waals surface area contributed by atoms with E-state index in [1.807, 2.05) is 0 Å². The number of benzene rings is 3. The number of esters is 2. The molecular weight excluding hydrogens is 717 g/mol. The first-order chi connectivity index (χ1) is 20.6. The first kappa shape index (κ1) is 45.6. The van der Waals surface area contributed by atoms with E-state index in [4.69, 9.17) is 18.9 Å². The Morgan fingerprint density at radius 1 is 0.478 bits per heavy atom. The van der Waals surface area contributed by atoms with Gasteiger partial charge < -0.3 is 32.5 Å². The van der Waals surface area contributed by atoms with Crippen molar-refractivity contribution in [2.45, 2.75) is 98.3 Å². The predicted molar refractivity (Wildman–Crippen MR) is 185 cm³/mol. The van der Waals surface area contributed by atoms with E-state index in [0.29, 0.717) is 35.8 Å². The molecule has 0 aliphatic rings. The number of hydrogen-bond acceptors (Lipinski definition) is 7. The second kappa shape index (κ2) is 27.6. The van der Waals surface area contributed by atoms with Crippen molar-refractivity contribution in [1.82, 2.24) is 6.15 Å². The third-order valence-electron chi connectivity index (χ3n) is 6.96. The molecule has 256 valence electrons. The number of unbranched alkanes of at least 4 members (excludes halogenated alkanes) is 10. The van der Waals surface area contributed by atoms with E-state index < -0.39 is 11.9 Å². The smallest absolute Gasteiger partial charge is 0.343 e. The maximum absolute atomic E-state index is 12.6. The van der Waals surface area contributed by atoms with Gasteiger partial charge >= 0.3 is 11.9 Å². The number of rotatable bonds is 20. The Kier molecular flexibility index (Phi) is 27.4. The molecule has 3 aromatic rings. The second-order valence-electron chi connectivity index (χ2n) is 10.5. The monoisotopic (exact) mass is 774 g/mol. The van der Waals surface area contributed by atoms with Gasteiger partial charge in [-0.1, -0.05) is 85.5 Å². The molecule has 0 unspecified atom stereocenters. The van der Waals surface area contributed by atoms with Crippen LogP contribution in [0.5, 0.6) is 23.0 Å². The Bertz CT molecular complexity index is 1090. The van der Waals surface area contributed by atoms with Crippen molar-refractivity contribution in [2.24, 2.45) is 0 Å². The summed E-state index contributed by atoms with van der Waals surface area (Å²) in [5.74, 6) is 1.25. The van der Waals surface area contributed by atoms with Gasteiger partial charge in [-0.15, -0.1) is 0 Å². The fourth-order valence-corrected chi connectivity index (χ4v) is 4.43. The standard InChI is InChI=1S/C36H46O6.CH4.CH3.H3N.Sm/c1-3-5-7-9-11-13-27-39-31-19-15-29(16-20-31)35(37)41-33-23-25-34(26-24-33)42-36(38)30-17-21-32(22-18-30)40-28-14-12-10-8-6-4-2;;;;/h15-26H,3-14,27-28H2,1-2H3;1H4;2*1H3;/q;;-1;;. The van der Waals surface area contributed by atoms with E-state index in [9.17, 15) is 9.59 Å². The van der Waals surface area contributed by atoms with Gasteiger partial charge in [-0.2, -0.15) is 0 Å². The number of carbonyl (C=O) groups is 2. The second-order valence-corrected chi connectivity index (χ2v) is 10.5. The van der Waals surface area contributed by atoms with Crippen molar-refractivity contribution in [3.8, 4) is 23.0 Å². The largest absolute Gasteiger partial charge is 0.494 e. The molecular formula is C38H56NO6Sm-. The molecule has 3 aromatic carbocycles. The summed E-state index contributed by atoms with van der Waals surface area (Å²) in [4.78, 5) is 25.1. The van der Waals surface area contributed by atoms with Gasteiger partial charge in [-0.25, -0.2) is 9.59 Å². The van der Waals surface area contributed by atoms with Crippen LogP contribution in [0.25, 0.3) is 0 Å². The molecule has 0 amide bonds. The fraction of sp³-hybridized carbons (Fsp3) is 0.447. The summed E-state index contributed by atoms with van der Waals surface area (Å²) in [7, 11) is 0. The van der Waals surface area contributed by atoms with Crippen LogP contribution in [0.4, 0.5) is 0 Å². The summed E-state index contributed by atoms with van der Waals surface area (Å²) in [6.07, 6.45) is 14.5. The van der Waals surface area contributed by atoms with Gasteiger partial charge in [0.25, 0.3) is 0 Å². The van der Waals surface area contributed by atoms with Crippen molar-refractivity contribution < 1.29 is 68.9 Å². The van der Waals surface area contributed by atoms with Gasteiger partial charge in [-0.3, -0.25) is 0 Å². The van der Waals surface area contributed by atoms with Crippen molar-refractivity contribution in [3.63, 3.8) is 0 Å². The maximum Gasteiger partial charge on any atom is 0.343 e. The molecule has 0 aromatic heterocycles. The molecule has 0 atom stereocenters. The molecule has 0 fully saturated rings. The molecule has 0 heterocycles. The van der Waals surface area contributed by atoms with Gasteiger partial charge in [0.1, 0.15) is 23.0 Å². The average Bonchev–Trinajstić information content (AvgIpc) is 3.01. The molecule has 0 saturated carbocycles. The molecule has 0 radical (unpaired) electrons. The van der Waals surface area contributed by atoms with E-state index in [0.717, 1.165) is 24.3 Å². The van der Waals surface area contributed by atoms with Gasteiger partial charge in [-0.05, 0) is 85.6 Å². The third-order valence-corrected chi connectivity index (χ3v) is 6.96. The molecule has 0 bridgehead atoms. The van der Waals surface area contributed by atoms with Crippen molar-refractivity contribution in [3.05, 3.63) is 91.3 Å². The molecule has 0 spiro atoms. The Morgan fingerprint density at radius 2 is 0.761 bits per heavy atom. The van der Waals surface area contributed by atoms with Gasteiger partial charge in [0.05, 0.1) is 24.3 Å². The minimum atomic E-state index is -0.471. The zero-order valence-corrected chi connectivity index (χ0v) is 30.0. The van der Waals surface area contributed by atoms with E-state index in [1.165, 1.54) is 64.2 Å². The van der Waals surface area contributed by atoms with E-state index in [-0.39, 0.29) is 61.4 Å². The molecule has 0 aliphatic heterocycles. The van der Waals surface area contributed by atoms with E-state index >= 15 is 0 Å². The van der Waals surface area contributed by atoms with Crippen LogP contribution in [0.1, 0.15) is 119 Å². The summed E-state index contributed by atoms with van der Waals surface area (Å²) in [6.45, 7) is 5.78. The summed E-state index contributed by atoms with van der Waals surface area (Å²) in [6, 6.07) is 20.3. The van der Waals surface area contributed by atoms with Gasteiger partial charge in [0.2, 0.25) is 0 Å². The van der Waals surface area contributed by atoms with Crippen LogP contribution < -0.4 is 25.1 Å². The van der Waals surface area contributed by atoms with Crippen LogP contribution in [0.3, 0.4) is 0 Å². The molecule has 0 aliphatic carbocycles. The first-order valence-electron chi connectivity index (χ1n) is 15.6. The summed E-state index contributed by atoms with van der Waals surface area (Å²) in [5, 5.41) is 0. The average molecular weight is 773 g/mol. The summed E-state index contributed by atoms with van der Waals surface area (Å²) < 4.78 is 22.5. The minimum absolute atomic E-state index is 0. The quantitative estimate of drug-likeness (QED) is 0.0527. The summed E-state index contributed by atoms with van der Waals surface area (Å²) in [5.41, 5.74) is 0.855. The molecule has 7 nitrogen and oxygen atoms in total. The minimum Gasteiger partial charge on any atom is -0.494 e. The van der Waals surface area contributed by atoms with Gasteiger partial charge in [0, 0.05) is 40.4 Å². The number of ether oxygens (including phenoxy) is 4. The zero-order chi connectivity index (χ0) is 29.8. The molecule has 0 saturated heterocycles. The number of carbonyl (C=O) groups excluding carboxylic acids is 2. The molecule has 3 N–H and O–H groups in total. The first-order valence-corrected chi connectivity index (χ1v) is 15.6. The van der Waals surface area contributed by atoms with Crippen LogP contribution in [0.15, 0.2) is 72.8 Å². The van der Waals surface area contributed by atoms with Gasteiger partial charge in [0.15, 0.2) is 0 Å². The Labute approximate surface area is 310 Å². The topological polar surface area (TPSA) is 106 Å². The zero-order valence-electron chi connectivity index (χ0n) is 27.4. The van der Waals surface area contributed by atoms with Crippen molar-refractivity contribution >= 4 is 11.9 Å². The van der Waals surface area contributed by atoms with Crippen LogP contribution >= 0.6 is 0 Å². The van der Waals surface area contributed by atoms with Crippen molar-refractivity contribution in [2.75, 3.05) is 13.2 Å². The van der Waals surface area contributed by atoms with Crippen LogP contribution in [0.2, 0.25) is 0 Å².